The fourth-order valence-corrected chi connectivity index (χ4v) is 1.86. The first-order chi connectivity index (χ1) is 6.26. The number of carbonyl (C=O) groups is 1. The molecule has 0 aliphatic carbocycles. The summed E-state index contributed by atoms with van der Waals surface area (Å²) in [4.78, 5) is 11.1. The Morgan fingerprint density at radius 3 is 2.85 bits per heavy atom. The van der Waals surface area contributed by atoms with E-state index in [4.69, 9.17) is 10.5 Å². The summed E-state index contributed by atoms with van der Waals surface area (Å²) in [5.74, 6) is 2.59. The first kappa shape index (κ1) is 9.80. The Morgan fingerprint density at radius 1 is 1.54 bits per heavy atom. The van der Waals surface area contributed by atoms with Crippen LogP contribution in [0.1, 0.15) is 19.3 Å². The Kier molecular flexibility index (Phi) is 3.52. The van der Waals surface area contributed by atoms with E-state index in [0.29, 0.717) is 12.3 Å². The van der Waals surface area contributed by atoms with Crippen molar-refractivity contribution in [2.24, 2.45) is 5.92 Å². The summed E-state index contributed by atoms with van der Waals surface area (Å²) < 4.78 is 0. The van der Waals surface area contributed by atoms with Gasteiger partial charge in [0.05, 0.1) is 12.5 Å². The third-order valence-electron chi connectivity index (χ3n) is 2.52. The first-order valence-electron chi connectivity index (χ1n) is 4.54. The first-order valence-corrected chi connectivity index (χ1v) is 4.54. The van der Waals surface area contributed by atoms with Crippen LogP contribution in [0, 0.1) is 28.5 Å². The van der Waals surface area contributed by atoms with Crippen molar-refractivity contribution >= 4 is 12.5 Å². The molecule has 0 aromatic carbocycles. The van der Waals surface area contributed by atoms with E-state index in [1.54, 1.807) is 0 Å². The molecule has 0 spiro atoms. The van der Waals surface area contributed by atoms with Gasteiger partial charge in [0, 0.05) is 12.4 Å². The van der Waals surface area contributed by atoms with Crippen LogP contribution in [0.4, 0.5) is 0 Å². The molecule has 1 rings (SSSR count). The molecular weight excluding hydrogens is 163 g/mol. The molecule has 1 unspecified atom stereocenters. The minimum atomic E-state index is 0.0195. The second-order valence-corrected chi connectivity index (χ2v) is 3.58. The van der Waals surface area contributed by atoms with Gasteiger partial charge in [-0.15, -0.1) is 0 Å². The van der Waals surface area contributed by atoms with Gasteiger partial charge in [-0.25, -0.2) is 5.26 Å². The van der Waals surface area contributed by atoms with Crippen molar-refractivity contribution in [3.8, 4) is 12.0 Å². The zero-order valence-corrected chi connectivity index (χ0v) is 7.49. The molecule has 1 fully saturated rings. The lowest BCUT2D eigenvalue weighted by Crippen LogP contribution is -2.07. The SMILES string of the molecule is N#CCC(=O)CC1CCB(C#N)C1. The van der Waals surface area contributed by atoms with Gasteiger partial charge in [0.1, 0.15) is 5.78 Å². The topological polar surface area (TPSA) is 64.7 Å². The van der Waals surface area contributed by atoms with Gasteiger partial charge in [-0.1, -0.05) is 19.1 Å². The third kappa shape index (κ3) is 2.91. The van der Waals surface area contributed by atoms with Gasteiger partial charge in [-0.2, -0.15) is 5.26 Å². The van der Waals surface area contributed by atoms with Crippen LogP contribution in [0.3, 0.4) is 0 Å². The van der Waals surface area contributed by atoms with E-state index >= 15 is 0 Å². The van der Waals surface area contributed by atoms with Gasteiger partial charge in [0.15, 0.2) is 0 Å². The van der Waals surface area contributed by atoms with Gasteiger partial charge in [0.25, 0.3) is 6.71 Å². The van der Waals surface area contributed by atoms with Gasteiger partial charge >= 0.3 is 0 Å². The molecule has 1 saturated heterocycles. The molecule has 4 heteroatoms. The van der Waals surface area contributed by atoms with E-state index in [1.165, 1.54) is 0 Å². The van der Waals surface area contributed by atoms with Gasteiger partial charge in [-0.3, -0.25) is 4.79 Å². The lowest BCUT2D eigenvalue weighted by Gasteiger charge is -2.04. The summed E-state index contributed by atoms with van der Waals surface area (Å²) in [5, 5.41) is 16.9. The smallest absolute Gasteiger partial charge is 0.268 e. The second kappa shape index (κ2) is 4.67. The lowest BCUT2D eigenvalue weighted by molar-refractivity contribution is -0.118. The summed E-state index contributed by atoms with van der Waals surface area (Å²) in [6.07, 6.45) is 3.24. The number of carbonyl (C=O) groups excluding carboxylic acids is 1. The summed E-state index contributed by atoms with van der Waals surface area (Å²) in [6.45, 7) is 0.139. The zero-order chi connectivity index (χ0) is 9.68. The number of hydrogen-bond acceptors (Lipinski definition) is 3. The highest BCUT2D eigenvalue weighted by Crippen LogP contribution is 2.29. The van der Waals surface area contributed by atoms with Crippen molar-refractivity contribution in [1.82, 2.24) is 0 Å². The van der Waals surface area contributed by atoms with Crippen molar-refractivity contribution in [3.05, 3.63) is 0 Å². The third-order valence-corrected chi connectivity index (χ3v) is 2.52. The fourth-order valence-electron chi connectivity index (χ4n) is 1.86. The molecule has 0 bridgehead atoms. The van der Waals surface area contributed by atoms with E-state index in [-0.39, 0.29) is 18.9 Å². The predicted molar refractivity (Wildman–Crippen MR) is 48.9 cm³/mol. The number of nitriles is 2. The van der Waals surface area contributed by atoms with Crippen LogP contribution in [0.15, 0.2) is 0 Å². The monoisotopic (exact) mass is 174 g/mol. The van der Waals surface area contributed by atoms with Crippen LogP contribution < -0.4 is 0 Å². The van der Waals surface area contributed by atoms with E-state index in [9.17, 15) is 4.79 Å². The van der Waals surface area contributed by atoms with Crippen LogP contribution in [-0.2, 0) is 4.79 Å². The van der Waals surface area contributed by atoms with Crippen molar-refractivity contribution in [3.63, 3.8) is 0 Å². The molecule has 0 saturated carbocycles. The maximum absolute atomic E-state index is 11.1. The molecule has 3 nitrogen and oxygen atoms in total. The number of Topliss-reactive ketones (excluding diaryl/α,β-unsaturated/α-hetero) is 1. The molecule has 66 valence electrons. The second-order valence-electron chi connectivity index (χ2n) is 3.58. The molecule has 1 aliphatic heterocycles. The van der Waals surface area contributed by atoms with E-state index in [1.807, 2.05) is 6.07 Å². The van der Waals surface area contributed by atoms with Crippen LogP contribution in [-0.4, -0.2) is 12.5 Å². The fraction of sp³-hybridized carbons (Fsp3) is 0.667. The minimum Gasteiger partial charge on any atom is -0.299 e. The normalized spacial score (nSPS) is 20.8. The van der Waals surface area contributed by atoms with Crippen LogP contribution >= 0.6 is 0 Å². The molecule has 0 aromatic rings. The average Bonchev–Trinajstić information content (AvgIpc) is 2.52. The van der Waals surface area contributed by atoms with Gasteiger partial charge in [0.2, 0.25) is 0 Å². The van der Waals surface area contributed by atoms with Crippen molar-refractivity contribution in [2.75, 3.05) is 0 Å². The average molecular weight is 174 g/mol. The molecule has 1 atom stereocenters. The molecule has 0 radical (unpaired) electrons. The predicted octanol–water partition coefficient (Wildman–Crippen LogP) is 1.44. The van der Waals surface area contributed by atoms with E-state index in [2.05, 4.69) is 5.97 Å². The molecule has 0 N–H and O–H groups in total. The summed E-state index contributed by atoms with van der Waals surface area (Å²) >= 11 is 0. The number of ketones is 1. The Balaban J connectivity index is 2.29. The van der Waals surface area contributed by atoms with Gasteiger partial charge in [-0.05, 0) is 5.92 Å². The Morgan fingerprint density at radius 2 is 2.31 bits per heavy atom. The van der Waals surface area contributed by atoms with Crippen molar-refractivity contribution in [2.45, 2.75) is 31.9 Å². The van der Waals surface area contributed by atoms with Crippen molar-refractivity contribution < 1.29 is 4.79 Å². The highest BCUT2D eigenvalue weighted by atomic mass is 16.1. The molecule has 0 aromatic heterocycles. The molecule has 1 aliphatic rings. The Labute approximate surface area is 78.4 Å². The maximum Gasteiger partial charge on any atom is 0.268 e. The number of hydrogen-bond donors (Lipinski definition) is 0. The van der Waals surface area contributed by atoms with E-state index < -0.39 is 0 Å². The molecule has 1 heterocycles. The van der Waals surface area contributed by atoms with Crippen LogP contribution in [0.25, 0.3) is 0 Å². The summed E-state index contributed by atoms with van der Waals surface area (Å²) in [5.41, 5.74) is 0. The minimum absolute atomic E-state index is 0.0195. The summed E-state index contributed by atoms with van der Waals surface area (Å²) in [7, 11) is 0. The van der Waals surface area contributed by atoms with Crippen LogP contribution in [0.2, 0.25) is 12.6 Å². The summed E-state index contributed by atoms with van der Waals surface area (Å²) in [6, 6.07) is 1.85. The standard InChI is InChI=1S/C9H11BN2O/c11-4-2-9(13)5-8-1-3-10(6-8)7-12/h8H,1-3,5-6H2. The number of rotatable bonds is 3. The Hall–Kier alpha value is -1.29. The molecule has 0 amide bonds. The molecular formula is C9H11BN2O. The van der Waals surface area contributed by atoms with Crippen LogP contribution in [0.5, 0.6) is 0 Å². The lowest BCUT2D eigenvalue weighted by atomic mass is 9.50. The largest absolute Gasteiger partial charge is 0.299 e. The quantitative estimate of drug-likeness (QED) is 0.608. The highest BCUT2D eigenvalue weighted by Gasteiger charge is 2.29. The maximum atomic E-state index is 11.1. The number of nitrogens with zero attached hydrogens (tertiary/aromatic N) is 2. The van der Waals surface area contributed by atoms with E-state index in [0.717, 1.165) is 19.1 Å². The zero-order valence-electron chi connectivity index (χ0n) is 7.49. The highest BCUT2D eigenvalue weighted by molar-refractivity contribution is 6.67. The molecule has 13 heavy (non-hydrogen) atoms. The van der Waals surface area contributed by atoms with Crippen molar-refractivity contribution in [1.29, 1.82) is 10.5 Å². The Bertz CT molecular complexity index is 276. The van der Waals surface area contributed by atoms with Gasteiger partial charge < -0.3 is 0 Å².